The average Bonchev–Trinajstić information content (AvgIpc) is 2.43. The largest absolute Gasteiger partial charge is 0.321 e. The maximum Gasteiger partial charge on any atom is 0.255 e. The number of benzene rings is 2. The smallest absolute Gasteiger partial charge is 0.255 e. The van der Waals surface area contributed by atoms with Crippen LogP contribution in [0.25, 0.3) is 0 Å². The van der Waals surface area contributed by atoms with Gasteiger partial charge < -0.3 is 5.32 Å². The number of rotatable bonds is 2. The number of anilines is 1. The topological polar surface area (TPSA) is 52.9 Å². The highest BCUT2D eigenvalue weighted by Crippen LogP contribution is 2.21. The zero-order valence-corrected chi connectivity index (χ0v) is 12.8. The summed E-state index contributed by atoms with van der Waals surface area (Å²) in [5.74, 6) is -0.216. The molecule has 0 aliphatic carbocycles. The van der Waals surface area contributed by atoms with Crippen LogP contribution in [0.4, 0.5) is 5.69 Å². The molecule has 0 saturated carbocycles. The van der Waals surface area contributed by atoms with Gasteiger partial charge in [0.1, 0.15) is 6.07 Å². The highest BCUT2D eigenvalue weighted by Gasteiger charge is 2.10. The molecule has 2 aromatic carbocycles. The van der Waals surface area contributed by atoms with Crippen LogP contribution < -0.4 is 5.32 Å². The average molecular weight is 329 g/mol. The molecule has 1 amide bonds. The lowest BCUT2D eigenvalue weighted by molar-refractivity contribution is 0.102. The van der Waals surface area contributed by atoms with E-state index in [0.29, 0.717) is 16.8 Å². The minimum Gasteiger partial charge on any atom is -0.321 e. The summed E-state index contributed by atoms with van der Waals surface area (Å²) in [7, 11) is 0. The molecule has 0 saturated heterocycles. The Kier molecular flexibility index (Phi) is 4.21. The predicted molar refractivity (Wildman–Crippen MR) is 82.7 cm³/mol. The second-order valence-corrected chi connectivity index (χ2v) is 5.47. The van der Waals surface area contributed by atoms with E-state index in [1.54, 1.807) is 24.3 Å². The molecule has 2 aromatic rings. The third-order valence-corrected chi connectivity index (χ3v) is 3.61. The van der Waals surface area contributed by atoms with Gasteiger partial charge in [-0.3, -0.25) is 4.79 Å². The Bertz CT molecular complexity index is 717. The number of carbonyl (C=O) groups excluding carboxylic acids is 1. The first-order valence-corrected chi connectivity index (χ1v) is 6.89. The molecule has 0 bridgehead atoms. The lowest BCUT2D eigenvalue weighted by Crippen LogP contribution is -2.13. The number of aryl methyl sites for hydroxylation is 2. The van der Waals surface area contributed by atoms with Crippen molar-refractivity contribution in [1.82, 2.24) is 0 Å². The fourth-order valence-electron chi connectivity index (χ4n) is 1.80. The van der Waals surface area contributed by atoms with E-state index < -0.39 is 0 Å². The zero-order valence-electron chi connectivity index (χ0n) is 11.2. The first kappa shape index (κ1) is 14.3. The van der Waals surface area contributed by atoms with Crippen molar-refractivity contribution in [3.8, 4) is 6.07 Å². The number of nitrogens with zero attached hydrogens (tertiary/aromatic N) is 1. The number of hydrogen-bond donors (Lipinski definition) is 1. The number of halogens is 1. The van der Waals surface area contributed by atoms with Gasteiger partial charge in [-0.15, -0.1) is 0 Å². The fraction of sp³-hybridized carbons (Fsp3) is 0.125. The van der Waals surface area contributed by atoms with E-state index in [1.807, 2.05) is 26.0 Å². The lowest BCUT2D eigenvalue weighted by Gasteiger charge is -2.09. The molecule has 0 heterocycles. The molecule has 1 N–H and O–H groups in total. The van der Waals surface area contributed by atoms with Crippen molar-refractivity contribution in [2.24, 2.45) is 0 Å². The summed E-state index contributed by atoms with van der Waals surface area (Å²) >= 11 is 3.30. The second-order valence-electron chi connectivity index (χ2n) is 4.55. The van der Waals surface area contributed by atoms with E-state index >= 15 is 0 Å². The molecule has 0 fully saturated rings. The van der Waals surface area contributed by atoms with Crippen molar-refractivity contribution in [2.45, 2.75) is 13.8 Å². The van der Waals surface area contributed by atoms with Crippen LogP contribution in [-0.2, 0) is 0 Å². The van der Waals surface area contributed by atoms with Crippen LogP contribution in [0.15, 0.2) is 40.9 Å². The van der Waals surface area contributed by atoms with Crippen LogP contribution in [0.1, 0.15) is 27.0 Å². The maximum absolute atomic E-state index is 12.2. The summed E-state index contributed by atoms with van der Waals surface area (Å²) in [5, 5.41) is 11.9. The predicted octanol–water partition coefficient (Wildman–Crippen LogP) is 4.19. The normalized spacial score (nSPS) is 9.90. The van der Waals surface area contributed by atoms with Crippen molar-refractivity contribution in [2.75, 3.05) is 5.32 Å². The van der Waals surface area contributed by atoms with Gasteiger partial charge >= 0.3 is 0 Å². The number of carbonyl (C=O) groups is 1. The molecule has 0 radical (unpaired) electrons. The molecule has 0 aliphatic rings. The number of nitriles is 1. The Hall–Kier alpha value is -2.12. The summed E-state index contributed by atoms with van der Waals surface area (Å²) in [6, 6.07) is 12.8. The highest BCUT2D eigenvalue weighted by atomic mass is 79.9. The lowest BCUT2D eigenvalue weighted by atomic mass is 10.1. The van der Waals surface area contributed by atoms with E-state index in [4.69, 9.17) is 5.26 Å². The molecule has 0 unspecified atom stereocenters. The van der Waals surface area contributed by atoms with Gasteiger partial charge in [-0.05, 0) is 55.3 Å². The summed E-state index contributed by atoms with van der Waals surface area (Å²) in [4.78, 5) is 12.2. The molecule has 4 heteroatoms. The number of hydrogen-bond acceptors (Lipinski definition) is 2. The molecular weight excluding hydrogens is 316 g/mol. The number of amides is 1. The van der Waals surface area contributed by atoms with Crippen molar-refractivity contribution in [1.29, 1.82) is 5.26 Å². The molecule has 20 heavy (non-hydrogen) atoms. The SMILES string of the molecule is Cc1ccc(C(=O)Nc2ccc(Br)cc2C#N)cc1C. The quantitative estimate of drug-likeness (QED) is 0.898. The molecule has 2 rings (SSSR count). The molecule has 0 aromatic heterocycles. The minimum atomic E-state index is -0.216. The summed E-state index contributed by atoms with van der Waals surface area (Å²) in [5.41, 5.74) is 3.73. The van der Waals surface area contributed by atoms with Gasteiger partial charge in [-0.25, -0.2) is 0 Å². The molecule has 0 atom stereocenters. The monoisotopic (exact) mass is 328 g/mol. The first-order valence-electron chi connectivity index (χ1n) is 6.09. The fourth-order valence-corrected chi connectivity index (χ4v) is 2.16. The Morgan fingerprint density at radius 3 is 2.55 bits per heavy atom. The van der Waals surface area contributed by atoms with Gasteiger partial charge in [-0.2, -0.15) is 5.26 Å². The van der Waals surface area contributed by atoms with E-state index in [1.165, 1.54) is 0 Å². The van der Waals surface area contributed by atoms with E-state index in [2.05, 4.69) is 27.3 Å². The van der Waals surface area contributed by atoms with Crippen molar-refractivity contribution in [3.63, 3.8) is 0 Å². The van der Waals surface area contributed by atoms with Gasteiger partial charge in [0, 0.05) is 10.0 Å². The van der Waals surface area contributed by atoms with E-state index in [9.17, 15) is 4.79 Å². The summed E-state index contributed by atoms with van der Waals surface area (Å²) < 4.78 is 0.804. The Balaban J connectivity index is 2.28. The third-order valence-electron chi connectivity index (χ3n) is 3.12. The van der Waals surface area contributed by atoms with Gasteiger partial charge in [0.15, 0.2) is 0 Å². The van der Waals surface area contributed by atoms with Crippen LogP contribution in [-0.4, -0.2) is 5.91 Å². The first-order chi connectivity index (χ1) is 9.51. The summed E-state index contributed by atoms with van der Waals surface area (Å²) in [6.45, 7) is 3.96. The molecule has 100 valence electrons. The Morgan fingerprint density at radius 1 is 1.15 bits per heavy atom. The van der Waals surface area contributed by atoms with Gasteiger partial charge in [0.05, 0.1) is 11.3 Å². The van der Waals surface area contributed by atoms with Crippen LogP contribution in [0.3, 0.4) is 0 Å². The van der Waals surface area contributed by atoms with Crippen LogP contribution in [0, 0.1) is 25.2 Å². The third kappa shape index (κ3) is 3.06. The van der Waals surface area contributed by atoms with Gasteiger partial charge in [0.25, 0.3) is 5.91 Å². The molecular formula is C16H13BrN2O. The highest BCUT2D eigenvalue weighted by molar-refractivity contribution is 9.10. The minimum absolute atomic E-state index is 0.216. The zero-order chi connectivity index (χ0) is 14.7. The standard InChI is InChI=1S/C16H13BrN2O/c1-10-3-4-12(7-11(10)2)16(20)19-15-6-5-14(17)8-13(15)9-18/h3-8H,1-2H3,(H,19,20). The van der Waals surface area contributed by atoms with Crippen LogP contribution in [0.2, 0.25) is 0 Å². The van der Waals surface area contributed by atoms with Crippen molar-refractivity contribution >= 4 is 27.5 Å². The van der Waals surface area contributed by atoms with Crippen molar-refractivity contribution < 1.29 is 4.79 Å². The van der Waals surface area contributed by atoms with Crippen molar-refractivity contribution in [3.05, 3.63) is 63.1 Å². The van der Waals surface area contributed by atoms with Crippen LogP contribution >= 0.6 is 15.9 Å². The van der Waals surface area contributed by atoms with Gasteiger partial charge in [0.2, 0.25) is 0 Å². The Labute approximate surface area is 126 Å². The van der Waals surface area contributed by atoms with Gasteiger partial charge in [-0.1, -0.05) is 22.0 Å². The molecule has 0 aliphatic heterocycles. The summed E-state index contributed by atoms with van der Waals surface area (Å²) in [6.07, 6.45) is 0. The van der Waals surface area contributed by atoms with E-state index in [-0.39, 0.29) is 5.91 Å². The van der Waals surface area contributed by atoms with E-state index in [0.717, 1.165) is 15.6 Å². The second kappa shape index (κ2) is 5.89. The Morgan fingerprint density at radius 2 is 1.90 bits per heavy atom. The maximum atomic E-state index is 12.2. The molecule has 3 nitrogen and oxygen atoms in total. The number of nitrogens with one attached hydrogen (secondary N) is 1. The molecule has 0 spiro atoms. The van der Waals surface area contributed by atoms with Crippen LogP contribution in [0.5, 0.6) is 0 Å².